The summed E-state index contributed by atoms with van der Waals surface area (Å²) in [6.45, 7) is 8.94. The van der Waals surface area contributed by atoms with Crippen molar-refractivity contribution in [1.29, 1.82) is 0 Å². The van der Waals surface area contributed by atoms with Gasteiger partial charge in [-0.3, -0.25) is 0 Å². The maximum atomic E-state index is 6.00. The summed E-state index contributed by atoms with van der Waals surface area (Å²) in [5.74, 6) is 1.27. The maximum absolute atomic E-state index is 6.00. The fourth-order valence-corrected chi connectivity index (χ4v) is 1.95. The molecule has 1 aromatic rings. The topological polar surface area (TPSA) is 0 Å². The molecule has 1 aromatic carbocycles. The van der Waals surface area contributed by atoms with Crippen LogP contribution in [0.4, 0.5) is 0 Å². The molecule has 1 rings (SSSR count). The smallest absolute Gasteiger partial charge is 0.0408 e. The van der Waals surface area contributed by atoms with Gasteiger partial charge in [0.2, 0.25) is 0 Å². The van der Waals surface area contributed by atoms with Crippen molar-refractivity contribution in [3.63, 3.8) is 0 Å². The van der Waals surface area contributed by atoms with Gasteiger partial charge in [0.05, 0.1) is 0 Å². The van der Waals surface area contributed by atoms with Gasteiger partial charge in [-0.2, -0.15) is 0 Å². The minimum atomic E-state index is 0.584. The zero-order valence-electron chi connectivity index (χ0n) is 9.47. The number of halogens is 1. The fraction of sp³-hybridized carbons (Fsp3) is 0.538. The summed E-state index contributed by atoms with van der Waals surface area (Å²) in [4.78, 5) is 0. The van der Waals surface area contributed by atoms with Gasteiger partial charge < -0.3 is 0 Å². The van der Waals surface area contributed by atoms with Crippen molar-refractivity contribution in [3.05, 3.63) is 34.3 Å². The Balaban J connectivity index is 3.03. The van der Waals surface area contributed by atoms with Crippen molar-refractivity contribution < 1.29 is 0 Å². The van der Waals surface area contributed by atoms with Crippen LogP contribution in [-0.4, -0.2) is 0 Å². The van der Waals surface area contributed by atoms with E-state index in [0.29, 0.717) is 11.8 Å². The summed E-state index contributed by atoms with van der Waals surface area (Å²) in [6, 6.07) is 6.25. The molecule has 0 radical (unpaired) electrons. The predicted molar refractivity (Wildman–Crippen MR) is 64.1 cm³/mol. The van der Waals surface area contributed by atoms with E-state index in [1.165, 1.54) is 11.1 Å². The molecule has 0 spiro atoms. The Morgan fingerprint density at radius 1 is 1.14 bits per heavy atom. The summed E-state index contributed by atoms with van der Waals surface area (Å²) in [5.41, 5.74) is 2.84. The summed E-state index contributed by atoms with van der Waals surface area (Å²) < 4.78 is 0. The Kier molecular flexibility index (Phi) is 4.00. The molecule has 0 fully saturated rings. The quantitative estimate of drug-likeness (QED) is 0.681. The second kappa shape index (κ2) is 4.84. The second-order valence-corrected chi connectivity index (χ2v) is 5.03. The third-order valence-electron chi connectivity index (χ3n) is 2.36. The third-order valence-corrected chi connectivity index (χ3v) is 2.59. The molecule has 0 amide bonds. The van der Waals surface area contributed by atoms with Gasteiger partial charge >= 0.3 is 0 Å². The third kappa shape index (κ3) is 3.02. The zero-order valence-corrected chi connectivity index (χ0v) is 10.2. The molecule has 0 atom stereocenters. The Labute approximate surface area is 92.3 Å². The first-order chi connectivity index (χ1) is 6.50. The highest BCUT2D eigenvalue weighted by Crippen LogP contribution is 2.25. The van der Waals surface area contributed by atoms with E-state index in [2.05, 4.69) is 39.8 Å². The number of hydrogen-bond acceptors (Lipinski definition) is 0. The van der Waals surface area contributed by atoms with Gasteiger partial charge in [-0.1, -0.05) is 45.4 Å². The summed E-state index contributed by atoms with van der Waals surface area (Å²) in [5, 5.41) is 0.852. The summed E-state index contributed by atoms with van der Waals surface area (Å²) in [6.07, 6.45) is 1.12. The molecule has 1 heteroatoms. The van der Waals surface area contributed by atoms with E-state index in [0.717, 1.165) is 11.4 Å². The van der Waals surface area contributed by atoms with E-state index < -0.39 is 0 Å². The van der Waals surface area contributed by atoms with Crippen LogP contribution in [0.25, 0.3) is 0 Å². The SMILES string of the molecule is CC(C)Cc1cc(Cl)ccc1C(C)C. The molecule has 0 N–H and O–H groups in total. The van der Waals surface area contributed by atoms with Crippen molar-refractivity contribution in [2.45, 2.75) is 40.0 Å². The van der Waals surface area contributed by atoms with E-state index in [9.17, 15) is 0 Å². The van der Waals surface area contributed by atoms with Gasteiger partial charge in [0.1, 0.15) is 0 Å². The molecule has 0 aliphatic rings. The average Bonchev–Trinajstić information content (AvgIpc) is 2.01. The minimum absolute atomic E-state index is 0.584. The van der Waals surface area contributed by atoms with Crippen molar-refractivity contribution in [2.75, 3.05) is 0 Å². The molecule has 0 bridgehead atoms. The van der Waals surface area contributed by atoms with Gasteiger partial charge in [0.25, 0.3) is 0 Å². The average molecular weight is 211 g/mol. The van der Waals surface area contributed by atoms with Gasteiger partial charge in [-0.05, 0) is 41.5 Å². The largest absolute Gasteiger partial charge is 0.0843 e. The van der Waals surface area contributed by atoms with Crippen LogP contribution in [0.3, 0.4) is 0 Å². The minimum Gasteiger partial charge on any atom is -0.0843 e. The zero-order chi connectivity index (χ0) is 10.7. The highest BCUT2D eigenvalue weighted by Gasteiger charge is 2.08. The van der Waals surface area contributed by atoms with Crippen LogP contribution in [0.2, 0.25) is 5.02 Å². The monoisotopic (exact) mass is 210 g/mol. The van der Waals surface area contributed by atoms with Crippen LogP contribution in [0.15, 0.2) is 18.2 Å². The fourth-order valence-electron chi connectivity index (χ4n) is 1.75. The lowest BCUT2D eigenvalue weighted by atomic mass is 9.92. The lowest BCUT2D eigenvalue weighted by Gasteiger charge is -2.14. The van der Waals surface area contributed by atoms with E-state index >= 15 is 0 Å². The normalized spacial score (nSPS) is 11.4. The summed E-state index contributed by atoms with van der Waals surface area (Å²) >= 11 is 6.00. The molecule has 0 aromatic heterocycles. The van der Waals surface area contributed by atoms with Crippen LogP contribution in [-0.2, 0) is 6.42 Å². The Morgan fingerprint density at radius 3 is 2.29 bits per heavy atom. The predicted octanol–water partition coefficient (Wildman–Crippen LogP) is 4.66. The number of rotatable bonds is 3. The Morgan fingerprint density at radius 2 is 1.79 bits per heavy atom. The molecular formula is C13H19Cl. The first-order valence-corrected chi connectivity index (χ1v) is 5.66. The van der Waals surface area contributed by atoms with Crippen molar-refractivity contribution >= 4 is 11.6 Å². The van der Waals surface area contributed by atoms with Crippen molar-refractivity contribution in [2.24, 2.45) is 5.92 Å². The van der Waals surface area contributed by atoms with Crippen molar-refractivity contribution in [3.8, 4) is 0 Å². The first-order valence-electron chi connectivity index (χ1n) is 5.29. The maximum Gasteiger partial charge on any atom is 0.0408 e. The highest BCUT2D eigenvalue weighted by molar-refractivity contribution is 6.30. The van der Waals surface area contributed by atoms with Crippen LogP contribution in [0.1, 0.15) is 44.7 Å². The molecular weight excluding hydrogens is 192 g/mol. The standard InChI is InChI=1S/C13H19Cl/c1-9(2)7-11-8-12(14)5-6-13(11)10(3)4/h5-6,8-10H,7H2,1-4H3. The molecule has 0 nitrogen and oxygen atoms in total. The molecule has 0 saturated carbocycles. The molecule has 0 aliphatic heterocycles. The molecule has 0 aliphatic carbocycles. The Hall–Kier alpha value is -0.490. The van der Waals surface area contributed by atoms with Crippen LogP contribution in [0.5, 0.6) is 0 Å². The van der Waals surface area contributed by atoms with E-state index in [1.54, 1.807) is 0 Å². The molecule has 14 heavy (non-hydrogen) atoms. The molecule has 0 heterocycles. The highest BCUT2D eigenvalue weighted by atomic mass is 35.5. The molecule has 78 valence electrons. The van der Waals surface area contributed by atoms with Crippen molar-refractivity contribution in [1.82, 2.24) is 0 Å². The number of benzene rings is 1. The van der Waals surface area contributed by atoms with Gasteiger partial charge in [-0.15, -0.1) is 0 Å². The van der Waals surface area contributed by atoms with Gasteiger partial charge in [0.15, 0.2) is 0 Å². The lowest BCUT2D eigenvalue weighted by molar-refractivity contribution is 0.638. The van der Waals surface area contributed by atoms with Gasteiger partial charge in [-0.25, -0.2) is 0 Å². The van der Waals surface area contributed by atoms with Crippen LogP contribution < -0.4 is 0 Å². The second-order valence-electron chi connectivity index (χ2n) is 4.60. The first kappa shape index (κ1) is 11.6. The van der Waals surface area contributed by atoms with Crippen LogP contribution in [0, 0.1) is 5.92 Å². The van der Waals surface area contributed by atoms with Crippen LogP contribution >= 0.6 is 11.6 Å². The lowest BCUT2D eigenvalue weighted by Crippen LogP contribution is -2.00. The van der Waals surface area contributed by atoms with E-state index in [1.807, 2.05) is 6.07 Å². The van der Waals surface area contributed by atoms with E-state index in [-0.39, 0.29) is 0 Å². The molecule has 0 saturated heterocycles. The summed E-state index contributed by atoms with van der Waals surface area (Å²) in [7, 11) is 0. The van der Waals surface area contributed by atoms with Gasteiger partial charge in [0, 0.05) is 5.02 Å². The Bertz CT molecular complexity index is 300. The van der Waals surface area contributed by atoms with E-state index in [4.69, 9.17) is 11.6 Å². The number of hydrogen-bond donors (Lipinski definition) is 0. The molecule has 0 unspecified atom stereocenters.